The van der Waals surface area contributed by atoms with Crippen molar-refractivity contribution in [3.05, 3.63) is 114 Å². The third-order valence-electron chi connectivity index (χ3n) is 6.63. The van der Waals surface area contributed by atoms with Crippen LogP contribution >= 0.6 is 34.2 Å². The van der Waals surface area contributed by atoms with Crippen molar-refractivity contribution < 1.29 is 4.42 Å². The van der Waals surface area contributed by atoms with Crippen LogP contribution in [0, 0.1) is 24.3 Å². The van der Waals surface area contributed by atoms with Crippen molar-refractivity contribution in [3.63, 3.8) is 0 Å². The first-order valence-electron chi connectivity index (χ1n) is 12.0. The Labute approximate surface area is 237 Å². The van der Waals surface area contributed by atoms with Gasteiger partial charge in [-0.25, -0.2) is 4.98 Å². The van der Waals surface area contributed by atoms with Gasteiger partial charge in [0.2, 0.25) is 5.82 Å². The van der Waals surface area contributed by atoms with Gasteiger partial charge in [-0.05, 0) is 110 Å². The topological polar surface area (TPSA) is 65.3 Å². The van der Waals surface area contributed by atoms with E-state index in [9.17, 15) is 4.79 Å². The zero-order chi connectivity index (χ0) is 26.6. The van der Waals surface area contributed by atoms with E-state index in [0.29, 0.717) is 33.1 Å². The van der Waals surface area contributed by atoms with Crippen LogP contribution < -0.4 is 5.56 Å². The van der Waals surface area contributed by atoms with E-state index >= 15 is 0 Å². The lowest BCUT2D eigenvalue weighted by molar-refractivity contribution is 0.616. The molecule has 0 aliphatic heterocycles. The highest BCUT2D eigenvalue weighted by atomic mass is 127. The Kier molecular flexibility index (Phi) is 6.20. The normalized spacial score (nSPS) is 11.8. The summed E-state index contributed by atoms with van der Waals surface area (Å²) in [5.41, 5.74) is 6.25. The van der Waals surface area contributed by atoms with E-state index in [0.717, 1.165) is 28.0 Å². The lowest BCUT2D eigenvalue weighted by Crippen LogP contribution is -2.20. The molecule has 188 valence electrons. The number of para-hydroxylation sites is 1. The fourth-order valence-corrected chi connectivity index (χ4v) is 5.23. The van der Waals surface area contributed by atoms with Crippen LogP contribution in [0.3, 0.4) is 0 Å². The van der Waals surface area contributed by atoms with Gasteiger partial charge in [0, 0.05) is 36.6 Å². The zero-order valence-corrected chi connectivity index (χ0v) is 23.8. The molecule has 0 atom stereocenters. The minimum absolute atomic E-state index is 0.276. The Morgan fingerprint density at radius 2 is 1.82 bits per heavy atom. The minimum atomic E-state index is -0.276. The van der Waals surface area contributed by atoms with Crippen molar-refractivity contribution in [1.82, 2.24) is 14.2 Å². The van der Waals surface area contributed by atoms with Crippen LogP contribution in [-0.4, -0.2) is 20.4 Å². The Bertz CT molecular complexity index is 1970. The van der Waals surface area contributed by atoms with Crippen LogP contribution in [0.5, 0.6) is 0 Å². The lowest BCUT2D eigenvalue weighted by atomic mass is 10.2. The molecule has 6 rings (SSSR count). The van der Waals surface area contributed by atoms with E-state index < -0.39 is 0 Å². The largest absolute Gasteiger partial charge is 0.453 e. The molecule has 0 fully saturated rings. The van der Waals surface area contributed by atoms with Gasteiger partial charge in [-0.1, -0.05) is 23.7 Å². The number of aryl methyl sites for hydroxylation is 2. The van der Waals surface area contributed by atoms with E-state index in [-0.39, 0.29) is 5.56 Å². The van der Waals surface area contributed by atoms with Gasteiger partial charge in [-0.2, -0.15) is 9.78 Å². The maximum Gasteiger partial charge on any atom is 0.282 e. The predicted molar refractivity (Wildman–Crippen MR) is 162 cm³/mol. The maximum atomic E-state index is 13.6. The third-order valence-corrected chi connectivity index (χ3v) is 8.08. The van der Waals surface area contributed by atoms with Gasteiger partial charge in [-0.3, -0.25) is 4.79 Å². The number of aromatic nitrogens is 3. The van der Waals surface area contributed by atoms with Crippen molar-refractivity contribution in [2.45, 2.75) is 20.8 Å². The second kappa shape index (κ2) is 9.56. The Morgan fingerprint density at radius 1 is 1.00 bits per heavy atom. The number of fused-ring (bicyclic) bond motifs is 2. The minimum Gasteiger partial charge on any atom is -0.453 e. The number of halogens is 2. The number of hydrogen-bond acceptors (Lipinski definition) is 4. The van der Waals surface area contributed by atoms with E-state index in [4.69, 9.17) is 21.0 Å². The van der Waals surface area contributed by atoms with Gasteiger partial charge in [0.25, 0.3) is 5.56 Å². The quantitative estimate of drug-likeness (QED) is 0.148. The SMILES string of the molecule is Cc1cc(-n2c(C)cc(C=Nn3c(-c4cc5cc(Cl)ccc5o4)nc4ccccc4c3=O)c2C)ccc1I. The highest BCUT2D eigenvalue weighted by molar-refractivity contribution is 14.1. The molecular formula is C30H22ClIN4O2. The van der Waals surface area contributed by atoms with Crippen molar-refractivity contribution in [3.8, 4) is 17.3 Å². The number of rotatable bonds is 4. The highest BCUT2D eigenvalue weighted by Gasteiger charge is 2.17. The molecule has 0 saturated heterocycles. The van der Waals surface area contributed by atoms with Crippen LogP contribution in [-0.2, 0) is 0 Å². The van der Waals surface area contributed by atoms with Crippen LogP contribution in [0.25, 0.3) is 39.1 Å². The van der Waals surface area contributed by atoms with Crippen LogP contribution in [0.4, 0.5) is 0 Å². The summed E-state index contributed by atoms with van der Waals surface area (Å²) in [6, 6.07) is 22.9. The van der Waals surface area contributed by atoms with Crippen LogP contribution in [0.1, 0.15) is 22.5 Å². The molecule has 0 bridgehead atoms. The number of benzene rings is 3. The molecule has 0 amide bonds. The number of hydrogen-bond donors (Lipinski definition) is 0. The molecule has 0 aliphatic carbocycles. The first kappa shape index (κ1) is 24.6. The summed E-state index contributed by atoms with van der Waals surface area (Å²) in [4.78, 5) is 18.4. The van der Waals surface area contributed by atoms with E-state index in [2.05, 4.69) is 70.4 Å². The predicted octanol–water partition coefficient (Wildman–Crippen LogP) is 7.67. The van der Waals surface area contributed by atoms with Gasteiger partial charge in [-0.15, -0.1) is 0 Å². The van der Waals surface area contributed by atoms with E-state index in [1.165, 1.54) is 13.8 Å². The summed E-state index contributed by atoms with van der Waals surface area (Å²) in [5.74, 6) is 0.751. The monoisotopic (exact) mass is 632 g/mol. The molecule has 0 aliphatic rings. The highest BCUT2D eigenvalue weighted by Crippen LogP contribution is 2.29. The average molecular weight is 633 g/mol. The van der Waals surface area contributed by atoms with Gasteiger partial charge < -0.3 is 8.98 Å². The molecule has 0 radical (unpaired) electrons. The van der Waals surface area contributed by atoms with Crippen molar-refractivity contribution >= 4 is 62.3 Å². The van der Waals surface area contributed by atoms with E-state index in [1.807, 2.05) is 37.3 Å². The van der Waals surface area contributed by atoms with Crippen molar-refractivity contribution in [2.24, 2.45) is 5.10 Å². The maximum absolute atomic E-state index is 13.6. The molecule has 0 spiro atoms. The van der Waals surface area contributed by atoms with Crippen LogP contribution in [0.2, 0.25) is 5.02 Å². The van der Waals surface area contributed by atoms with Crippen molar-refractivity contribution in [2.75, 3.05) is 0 Å². The van der Waals surface area contributed by atoms with Gasteiger partial charge in [0.1, 0.15) is 5.58 Å². The average Bonchev–Trinajstić information content (AvgIpc) is 3.44. The molecule has 6 aromatic rings. The first-order valence-corrected chi connectivity index (χ1v) is 13.5. The molecule has 3 aromatic carbocycles. The van der Waals surface area contributed by atoms with Gasteiger partial charge in [0.05, 0.1) is 17.1 Å². The lowest BCUT2D eigenvalue weighted by Gasteiger charge is -2.11. The summed E-state index contributed by atoms with van der Waals surface area (Å²) in [6.45, 7) is 6.22. The fraction of sp³-hybridized carbons (Fsp3) is 0.100. The molecule has 0 saturated carbocycles. The van der Waals surface area contributed by atoms with Gasteiger partial charge >= 0.3 is 0 Å². The van der Waals surface area contributed by atoms with Crippen molar-refractivity contribution in [1.29, 1.82) is 0 Å². The number of nitrogens with zero attached hydrogens (tertiary/aromatic N) is 4. The van der Waals surface area contributed by atoms with Gasteiger partial charge in [0.15, 0.2) is 5.76 Å². The molecule has 3 aromatic heterocycles. The first-order chi connectivity index (χ1) is 18.3. The molecule has 3 heterocycles. The second-order valence-corrected chi connectivity index (χ2v) is 10.8. The molecule has 0 unspecified atom stereocenters. The summed E-state index contributed by atoms with van der Waals surface area (Å²) < 4.78 is 10.8. The smallest absolute Gasteiger partial charge is 0.282 e. The molecule has 38 heavy (non-hydrogen) atoms. The summed E-state index contributed by atoms with van der Waals surface area (Å²) in [5, 5.41) is 6.55. The molecule has 8 heteroatoms. The second-order valence-electron chi connectivity index (χ2n) is 9.20. The standard InChI is InChI=1S/C30H22ClIN4O2/c1-17-12-23(9-10-25(17)32)35-18(2)13-21(19(35)3)16-33-36-29(34-26-7-5-4-6-24(26)30(36)37)28-15-20-14-22(31)8-11-27(20)38-28/h4-16H,1-3H3. The number of furan rings is 1. The Hall–Kier alpha value is -3.69. The van der Waals surface area contributed by atoms with E-state index in [1.54, 1.807) is 24.4 Å². The molecule has 6 nitrogen and oxygen atoms in total. The Balaban J connectivity index is 1.51. The molecular weight excluding hydrogens is 611 g/mol. The summed E-state index contributed by atoms with van der Waals surface area (Å²) in [7, 11) is 0. The summed E-state index contributed by atoms with van der Waals surface area (Å²) in [6.07, 6.45) is 1.71. The zero-order valence-electron chi connectivity index (χ0n) is 20.9. The third kappa shape index (κ3) is 4.25. The fourth-order valence-electron chi connectivity index (χ4n) is 4.72. The molecule has 0 N–H and O–H groups in total. The summed E-state index contributed by atoms with van der Waals surface area (Å²) >= 11 is 8.52. The Morgan fingerprint density at radius 3 is 2.63 bits per heavy atom. The van der Waals surface area contributed by atoms with Crippen LogP contribution in [0.15, 0.2) is 87.1 Å².